The van der Waals surface area contributed by atoms with Crippen LogP contribution in [0.4, 0.5) is 25.8 Å². The van der Waals surface area contributed by atoms with E-state index in [0.29, 0.717) is 15.6 Å². The summed E-state index contributed by atoms with van der Waals surface area (Å²) in [4.78, 5) is 27.0. The molecule has 0 spiro atoms. The summed E-state index contributed by atoms with van der Waals surface area (Å²) in [5.41, 5.74) is 5.26. The maximum Gasteiger partial charge on any atom is 0.259 e. The van der Waals surface area contributed by atoms with Gasteiger partial charge in [0.1, 0.15) is 15.8 Å². The number of halogens is 7. The normalized spacial score (nSPS) is 18.0. The summed E-state index contributed by atoms with van der Waals surface area (Å²) in [6.45, 7) is 0. The molecule has 12 heteroatoms. The summed E-state index contributed by atoms with van der Waals surface area (Å²) < 4.78 is 26.6. The summed E-state index contributed by atoms with van der Waals surface area (Å²) in [5.74, 6) is -4.61. The second kappa shape index (κ2) is 9.88. The molecule has 0 unspecified atom stereocenters. The molecular formula is C24H16Cl5F2N3O2. The summed E-state index contributed by atoms with van der Waals surface area (Å²) in [6.07, 6.45) is 0. The molecule has 3 aromatic rings. The standard InChI is InChI=1S/C24H16Cl5F2N3O2/c1-34(17-7-6-16(30)21(32)20(17)31)23(36)12-9-11(3-5-13(12)25)33-22(35)19-18(24(19,28)29)10-2-4-14(26)15(27)8-10/h2-9,18-19H,32H2,1H3,(H,33,35)/t18-,19+/m0/s1. The van der Waals surface area contributed by atoms with Crippen LogP contribution in [0.2, 0.25) is 15.1 Å². The molecule has 2 amide bonds. The van der Waals surface area contributed by atoms with E-state index in [4.69, 9.17) is 63.7 Å². The van der Waals surface area contributed by atoms with Crippen LogP contribution in [0.1, 0.15) is 21.8 Å². The van der Waals surface area contributed by atoms with Gasteiger partial charge in [0.15, 0.2) is 5.82 Å². The molecule has 1 saturated carbocycles. The highest BCUT2D eigenvalue weighted by Gasteiger charge is 2.67. The summed E-state index contributed by atoms with van der Waals surface area (Å²) in [5, 5.41) is 3.37. The fraction of sp³-hybridized carbons (Fsp3) is 0.167. The van der Waals surface area contributed by atoms with Gasteiger partial charge in [0.25, 0.3) is 5.91 Å². The number of nitrogens with one attached hydrogen (secondary N) is 1. The third-order valence-electron chi connectivity index (χ3n) is 5.88. The average Bonchev–Trinajstić information content (AvgIpc) is 3.41. The molecule has 1 aliphatic rings. The van der Waals surface area contributed by atoms with Gasteiger partial charge in [-0.15, -0.1) is 23.2 Å². The van der Waals surface area contributed by atoms with Crippen LogP contribution in [-0.4, -0.2) is 23.2 Å². The number of nitrogens with two attached hydrogens (primary N) is 1. The minimum Gasteiger partial charge on any atom is -0.394 e. The largest absolute Gasteiger partial charge is 0.394 e. The predicted molar refractivity (Wildman–Crippen MR) is 141 cm³/mol. The first-order valence-corrected chi connectivity index (χ1v) is 12.2. The SMILES string of the molecule is CN(C(=O)c1cc(NC(=O)[C@H]2[C@H](c3ccc(Cl)c(Cl)c3)C2(Cl)Cl)ccc1Cl)c1ccc(F)c(N)c1F. The summed E-state index contributed by atoms with van der Waals surface area (Å²) in [7, 11) is 1.28. The molecule has 1 aliphatic carbocycles. The van der Waals surface area contributed by atoms with Crippen molar-refractivity contribution in [2.45, 2.75) is 10.3 Å². The fourth-order valence-corrected chi connectivity index (χ4v) is 5.20. The molecular weight excluding hydrogens is 578 g/mol. The van der Waals surface area contributed by atoms with E-state index in [9.17, 15) is 18.4 Å². The number of amides is 2. The number of carbonyl (C=O) groups is 2. The highest BCUT2D eigenvalue weighted by atomic mass is 35.5. The lowest BCUT2D eigenvalue weighted by Gasteiger charge is -2.20. The van der Waals surface area contributed by atoms with Crippen LogP contribution in [0.3, 0.4) is 0 Å². The Hall–Kier alpha value is -2.29. The lowest BCUT2D eigenvalue weighted by Crippen LogP contribution is -2.28. The van der Waals surface area contributed by atoms with Crippen LogP contribution >= 0.6 is 58.0 Å². The second-order valence-corrected chi connectivity index (χ2v) is 10.8. The van der Waals surface area contributed by atoms with Crippen molar-refractivity contribution in [3.63, 3.8) is 0 Å². The quantitative estimate of drug-likeness (QED) is 0.241. The third kappa shape index (κ3) is 4.83. The van der Waals surface area contributed by atoms with Crippen molar-refractivity contribution in [3.8, 4) is 0 Å². The fourth-order valence-electron chi connectivity index (χ4n) is 3.87. The zero-order valence-electron chi connectivity index (χ0n) is 18.3. The number of nitrogen functional groups attached to an aromatic ring is 1. The Kier molecular flexibility index (Phi) is 7.34. The van der Waals surface area contributed by atoms with Gasteiger partial charge in [0, 0.05) is 18.7 Å². The van der Waals surface area contributed by atoms with E-state index in [0.717, 1.165) is 17.0 Å². The number of alkyl halides is 2. The van der Waals surface area contributed by atoms with Gasteiger partial charge in [0.2, 0.25) is 5.91 Å². The van der Waals surface area contributed by atoms with E-state index in [-0.39, 0.29) is 22.0 Å². The maximum absolute atomic E-state index is 14.4. The second-order valence-electron chi connectivity index (χ2n) is 8.15. The maximum atomic E-state index is 14.4. The third-order valence-corrected chi connectivity index (χ3v) is 7.88. The summed E-state index contributed by atoms with van der Waals surface area (Å²) >= 11 is 31.0. The van der Waals surface area contributed by atoms with Crippen molar-refractivity contribution >= 4 is 86.9 Å². The molecule has 3 aromatic carbocycles. The van der Waals surface area contributed by atoms with Gasteiger partial charge in [-0.1, -0.05) is 40.9 Å². The Balaban J connectivity index is 1.55. The van der Waals surface area contributed by atoms with Gasteiger partial charge in [-0.25, -0.2) is 8.78 Å². The van der Waals surface area contributed by atoms with Crippen LogP contribution in [0.15, 0.2) is 48.5 Å². The Labute approximate surface area is 230 Å². The van der Waals surface area contributed by atoms with Crippen LogP contribution in [0.5, 0.6) is 0 Å². The smallest absolute Gasteiger partial charge is 0.259 e. The monoisotopic (exact) mass is 591 g/mol. The van der Waals surface area contributed by atoms with Crippen LogP contribution in [-0.2, 0) is 4.79 Å². The Morgan fingerprint density at radius 1 is 0.972 bits per heavy atom. The van der Waals surface area contributed by atoms with Crippen molar-refractivity contribution in [2.24, 2.45) is 5.92 Å². The van der Waals surface area contributed by atoms with Crippen LogP contribution < -0.4 is 16.0 Å². The number of anilines is 3. The molecule has 0 saturated heterocycles. The molecule has 4 rings (SSSR count). The van der Waals surface area contributed by atoms with Gasteiger partial charge in [-0.05, 0) is 48.0 Å². The van der Waals surface area contributed by atoms with Crippen molar-refractivity contribution < 1.29 is 18.4 Å². The molecule has 0 heterocycles. The first-order chi connectivity index (χ1) is 16.8. The molecule has 36 heavy (non-hydrogen) atoms. The first-order valence-electron chi connectivity index (χ1n) is 10.3. The Morgan fingerprint density at radius 2 is 1.64 bits per heavy atom. The molecule has 1 fully saturated rings. The first kappa shape index (κ1) is 26.8. The van der Waals surface area contributed by atoms with Gasteiger partial charge in [-0.3, -0.25) is 9.59 Å². The lowest BCUT2D eigenvalue weighted by molar-refractivity contribution is -0.117. The molecule has 188 valence electrons. The van der Waals surface area contributed by atoms with E-state index in [1.807, 2.05) is 0 Å². The zero-order chi connectivity index (χ0) is 26.5. The van der Waals surface area contributed by atoms with Gasteiger partial charge in [0.05, 0.1) is 32.2 Å². The van der Waals surface area contributed by atoms with Gasteiger partial charge < -0.3 is 16.0 Å². The highest BCUT2D eigenvalue weighted by molar-refractivity contribution is 6.53. The Morgan fingerprint density at radius 3 is 2.31 bits per heavy atom. The van der Waals surface area contributed by atoms with Crippen LogP contribution in [0, 0.1) is 17.6 Å². The molecule has 5 nitrogen and oxygen atoms in total. The predicted octanol–water partition coefficient (Wildman–Crippen LogP) is 7.31. The molecule has 0 bridgehead atoms. The topological polar surface area (TPSA) is 75.4 Å². The number of hydrogen-bond acceptors (Lipinski definition) is 3. The number of benzene rings is 3. The van der Waals surface area contributed by atoms with Crippen LogP contribution in [0.25, 0.3) is 0 Å². The van der Waals surface area contributed by atoms with Gasteiger partial charge in [-0.2, -0.15) is 0 Å². The summed E-state index contributed by atoms with van der Waals surface area (Å²) in [6, 6.07) is 11.1. The van der Waals surface area contributed by atoms with E-state index >= 15 is 0 Å². The minimum absolute atomic E-state index is 0.0425. The van der Waals surface area contributed by atoms with Crippen molar-refractivity contribution in [2.75, 3.05) is 23.0 Å². The van der Waals surface area contributed by atoms with Crippen molar-refractivity contribution in [1.82, 2.24) is 0 Å². The number of hydrogen-bond donors (Lipinski definition) is 2. The molecule has 0 aliphatic heterocycles. The molecule has 0 radical (unpaired) electrons. The van der Waals surface area contributed by atoms with E-state index in [1.54, 1.807) is 18.2 Å². The Bertz CT molecular complexity index is 1400. The average molecular weight is 594 g/mol. The highest BCUT2D eigenvalue weighted by Crippen LogP contribution is 2.65. The molecule has 2 atom stereocenters. The van der Waals surface area contributed by atoms with E-state index in [1.165, 1.54) is 25.2 Å². The zero-order valence-corrected chi connectivity index (χ0v) is 22.0. The molecule has 3 N–H and O–H groups in total. The lowest BCUT2D eigenvalue weighted by atomic mass is 10.1. The number of nitrogens with zero attached hydrogens (tertiary/aromatic N) is 1. The van der Waals surface area contributed by atoms with Gasteiger partial charge >= 0.3 is 0 Å². The molecule has 0 aromatic heterocycles. The number of carbonyl (C=O) groups excluding carboxylic acids is 2. The van der Waals surface area contributed by atoms with Crippen molar-refractivity contribution in [1.29, 1.82) is 0 Å². The van der Waals surface area contributed by atoms with E-state index < -0.39 is 45.3 Å². The number of rotatable bonds is 5. The van der Waals surface area contributed by atoms with E-state index in [2.05, 4.69) is 5.32 Å². The minimum atomic E-state index is -1.38. The van der Waals surface area contributed by atoms with Crippen molar-refractivity contribution in [3.05, 3.63) is 86.4 Å².